The number of hydrogen-bond donors (Lipinski definition) is 1. The number of aryl methyl sites for hydroxylation is 1. The van der Waals surface area contributed by atoms with Crippen LogP contribution in [0.1, 0.15) is 16.7 Å². The number of halogens is 1. The standard InChI is InChI=1S/C16H14FNO2/c1-12-7-13(3-2-6-19)4-5-16(12)20-11-14-8-15(17)10-18-9-14/h4-5,7-10,19H,6,11H2,1H3. The maximum atomic E-state index is 13.0. The Labute approximate surface area is 117 Å². The van der Waals surface area contributed by atoms with Gasteiger partial charge in [-0.1, -0.05) is 11.8 Å². The average molecular weight is 271 g/mol. The van der Waals surface area contributed by atoms with Crippen LogP contribution in [0.4, 0.5) is 4.39 Å². The van der Waals surface area contributed by atoms with Crippen molar-refractivity contribution in [2.24, 2.45) is 0 Å². The minimum Gasteiger partial charge on any atom is -0.489 e. The summed E-state index contributed by atoms with van der Waals surface area (Å²) in [7, 11) is 0. The van der Waals surface area contributed by atoms with Crippen molar-refractivity contribution in [1.29, 1.82) is 0 Å². The molecule has 2 rings (SSSR count). The molecule has 3 nitrogen and oxygen atoms in total. The zero-order valence-corrected chi connectivity index (χ0v) is 11.1. The molecule has 2 aromatic rings. The van der Waals surface area contributed by atoms with E-state index in [0.29, 0.717) is 11.3 Å². The molecule has 20 heavy (non-hydrogen) atoms. The molecule has 0 spiro atoms. The van der Waals surface area contributed by atoms with Gasteiger partial charge in [0.25, 0.3) is 0 Å². The van der Waals surface area contributed by atoms with Gasteiger partial charge in [0, 0.05) is 17.3 Å². The molecule has 0 aliphatic rings. The second kappa shape index (κ2) is 6.69. The second-order valence-corrected chi connectivity index (χ2v) is 4.24. The van der Waals surface area contributed by atoms with Crippen LogP contribution in [0, 0.1) is 24.6 Å². The fraction of sp³-hybridized carbons (Fsp3) is 0.188. The van der Waals surface area contributed by atoms with Gasteiger partial charge < -0.3 is 9.84 Å². The molecule has 0 bridgehead atoms. The lowest BCUT2D eigenvalue weighted by Crippen LogP contribution is -1.98. The van der Waals surface area contributed by atoms with Gasteiger partial charge in [-0.15, -0.1) is 0 Å². The van der Waals surface area contributed by atoms with Crippen molar-refractivity contribution in [2.45, 2.75) is 13.5 Å². The van der Waals surface area contributed by atoms with E-state index in [9.17, 15) is 4.39 Å². The van der Waals surface area contributed by atoms with E-state index in [1.807, 2.05) is 25.1 Å². The van der Waals surface area contributed by atoms with E-state index in [1.54, 1.807) is 6.20 Å². The third kappa shape index (κ3) is 3.81. The molecule has 0 saturated carbocycles. The van der Waals surface area contributed by atoms with E-state index in [4.69, 9.17) is 9.84 Å². The first-order chi connectivity index (χ1) is 9.69. The highest BCUT2D eigenvalue weighted by Crippen LogP contribution is 2.20. The van der Waals surface area contributed by atoms with Crippen LogP contribution in [0.5, 0.6) is 5.75 Å². The van der Waals surface area contributed by atoms with Crippen LogP contribution in [0.3, 0.4) is 0 Å². The molecule has 4 heteroatoms. The van der Waals surface area contributed by atoms with Crippen LogP contribution in [0.15, 0.2) is 36.7 Å². The number of aliphatic hydroxyl groups excluding tert-OH is 1. The second-order valence-electron chi connectivity index (χ2n) is 4.24. The molecular formula is C16H14FNO2. The predicted octanol–water partition coefficient (Wildman–Crippen LogP) is 2.45. The molecule has 0 aliphatic carbocycles. The smallest absolute Gasteiger partial charge is 0.141 e. The lowest BCUT2D eigenvalue weighted by molar-refractivity contribution is 0.303. The third-order valence-corrected chi connectivity index (χ3v) is 2.64. The number of aromatic nitrogens is 1. The summed E-state index contributed by atoms with van der Waals surface area (Å²) in [6.45, 7) is 2.00. The van der Waals surface area contributed by atoms with E-state index in [-0.39, 0.29) is 19.0 Å². The van der Waals surface area contributed by atoms with Crippen LogP contribution in [0.2, 0.25) is 0 Å². The number of benzene rings is 1. The van der Waals surface area contributed by atoms with Crippen LogP contribution >= 0.6 is 0 Å². The number of aliphatic hydroxyl groups is 1. The van der Waals surface area contributed by atoms with Crippen LogP contribution in [0.25, 0.3) is 0 Å². The first-order valence-electron chi connectivity index (χ1n) is 6.11. The van der Waals surface area contributed by atoms with Crippen molar-refractivity contribution in [2.75, 3.05) is 6.61 Å². The van der Waals surface area contributed by atoms with Gasteiger partial charge in [-0.3, -0.25) is 4.98 Å². The van der Waals surface area contributed by atoms with E-state index >= 15 is 0 Å². The van der Waals surface area contributed by atoms with Gasteiger partial charge in [-0.2, -0.15) is 0 Å². The summed E-state index contributed by atoms with van der Waals surface area (Å²) in [5, 5.41) is 8.65. The lowest BCUT2D eigenvalue weighted by Gasteiger charge is -2.09. The quantitative estimate of drug-likeness (QED) is 0.872. The molecule has 1 N–H and O–H groups in total. The lowest BCUT2D eigenvalue weighted by atomic mass is 10.1. The van der Waals surface area contributed by atoms with Gasteiger partial charge >= 0.3 is 0 Å². The maximum Gasteiger partial charge on any atom is 0.141 e. The first-order valence-corrected chi connectivity index (χ1v) is 6.11. The summed E-state index contributed by atoms with van der Waals surface area (Å²) in [5.74, 6) is 5.75. The summed E-state index contributed by atoms with van der Waals surface area (Å²) in [5.41, 5.74) is 2.42. The molecule has 0 fully saturated rings. The van der Waals surface area contributed by atoms with Crippen molar-refractivity contribution < 1.29 is 14.2 Å². The Hall–Kier alpha value is -2.38. The molecule has 0 radical (unpaired) electrons. The molecule has 0 amide bonds. The highest BCUT2D eigenvalue weighted by Gasteiger charge is 2.02. The van der Waals surface area contributed by atoms with E-state index in [2.05, 4.69) is 16.8 Å². The topological polar surface area (TPSA) is 42.4 Å². The summed E-state index contributed by atoms with van der Waals surface area (Å²) in [6, 6.07) is 6.89. The Bertz CT molecular complexity index is 659. The molecule has 0 saturated heterocycles. The van der Waals surface area contributed by atoms with Gasteiger partial charge in [0.1, 0.15) is 24.8 Å². The summed E-state index contributed by atoms with van der Waals surface area (Å²) >= 11 is 0. The predicted molar refractivity (Wildman–Crippen MR) is 73.7 cm³/mol. The normalized spacial score (nSPS) is 9.75. The van der Waals surface area contributed by atoms with Gasteiger partial charge in [0.2, 0.25) is 0 Å². The zero-order chi connectivity index (χ0) is 14.4. The van der Waals surface area contributed by atoms with Crippen LogP contribution < -0.4 is 4.74 Å². The third-order valence-electron chi connectivity index (χ3n) is 2.64. The fourth-order valence-electron chi connectivity index (χ4n) is 1.73. The number of pyridine rings is 1. The molecule has 0 unspecified atom stereocenters. The van der Waals surface area contributed by atoms with E-state index < -0.39 is 0 Å². The SMILES string of the molecule is Cc1cc(C#CCO)ccc1OCc1cncc(F)c1. The first kappa shape index (κ1) is 14.0. The molecule has 0 aliphatic heterocycles. The van der Waals surface area contributed by atoms with Crippen molar-refractivity contribution in [3.05, 3.63) is 59.2 Å². The van der Waals surface area contributed by atoms with Crippen molar-refractivity contribution in [3.63, 3.8) is 0 Å². The number of ether oxygens (including phenoxy) is 1. The van der Waals surface area contributed by atoms with E-state index in [0.717, 1.165) is 17.3 Å². The minimum absolute atomic E-state index is 0.163. The molecule has 1 aromatic heterocycles. The number of rotatable bonds is 3. The zero-order valence-electron chi connectivity index (χ0n) is 11.1. The average Bonchev–Trinajstić information content (AvgIpc) is 2.44. The number of nitrogens with zero attached hydrogens (tertiary/aromatic N) is 1. The van der Waals surface area contributed by atoms with Crippen molar-refractivity contribution >= 4 is 0 Å². The summed E-state index contributed by atoms with van der Waals surface area (Å²) in [4.78, 5) is 3.77. The Balaban J connectivity index is 2.06. The van der Waals surface area contributed by atoms with Crippen molar-refractivity contribution in [3.8, 4) is 17.6 Å². The Morgan fingerprint density at radius 2 is 2.15 bits per heavy atom. The highest BCUT2D eigenvalue weighted by molar-refractivity contribution is 5.43. The molecule has 1 aromatic carbocycles. The van der Waals surface area contributed by atoms with Crippen LogP contribution in [-0.2, 0) is 6.61 Å². The molecule has 0 atom stereocenters. The molecule has 1 heterocycles. The minimum atomic E-state index is -0.377. The van der Waals surface area contributed by atoms with Crippen molar-refractivity contribution in [1.82, 2.24) is 4.98 Å². The Morgan fingerprint density at radius 1 is 1.30 bits per heavy atom. The maximum absolute atomic E-state index is 13.0. The fourth-order valence-corrected chi connectivity index (χ4v) is 1.73. The van der Waals surface area contributed by atoms with Gasteiger partial charge in [-0.25, -0.2) is 4.39 Å². The van der Waals surface area contributed by atoms with Gasteiger partial charge in [0.15, 0.2) is 0 Å². The van der Waals surface area contributed by atoms with Gasteiger partial charge in [-0.05, 0) is 36.8 Å². The molecular weight excluding hydrogens is 257 g/mol. The highest BCUT2D eigenvalue weighted by atomic mass is 19.1. The Kier molecular flexibility index (Phi) is 4.70. The number of hydrogen-bond acceptors (Lipinski definition) is 3. The summed E-state index contributed by atoms with van der Waals surface area (Å²) < 4.78 is 18.6. The summed E-state index contributed by atoms with van der Waals surface area (Å²) in [6.07, 6.45) is 2.73. The monoisotopic (exact) mass is 271 g/mol. The van der Waals surface area contributed by atoms with Crippen LogP contribution in [-0.4, -0.2) is 16.7 Å². The van der Waals surface area contributed by atoms with Gasteiger partial charge in [0.05, 0.1) is 6.20 Å². The largest absolute Gasteiger partial charge is 0.489 e. The van der Waals surface area contributed by atoms with E-state index in [1.165, 1.54) is 6.07 Å². The Morgan fingerprint density at radius 3 is 2.85 bits per heavy atom. The molecule has 102 valence electrons.